The van der Waals surface area contributed by atoms with E-state index in [1.165, 1.54) is 0 Å². The molecule has 0 aliphatic rings. The summed E-state index contributed by atoms with van der Waals surface area (Å²) in [6, 6.07) is 0. The maximum Gasteiger partial charge on any atom is 0.324 e. The second-order valence-corrected chi connectivity index (χ2v) is 5.59. The lowest BCUT2D eigenvalue weighted by atomic mass is 10.1. The molecule has 0 unspecified atom stereocenters. The molecule has 0 aromatic rings. The van der Waals surface area contributed by atoms with Crippen molar-refractivity contribution in [2.24, 2.45) is 5.73 Å². The van der Waals surface area contributed by atoms with Gasteiger partial charge < -0.3 is 21.6 Å². The first-order valence-electron chi connectivity index (χ1n) is 4.90. The highest BCUT2D eigenvalue weighted by Gasteiger charge is 2.33. The van der Waals surface area contributed by atoms with Gasteiger partial charge in [0.25, 0.3) is 0 Å². The Morgan fingerprint density at radius 2 is 2.12 bits per heavy atom. The molecule has 0 fully saturated rings. The van der Waals surface area contributed by atoms with Crippen molar-refractivity contribution in [1.29, 1.82) is 5.41 Å². The molecule has 0 aromatic carbocycles. The monoisotopic (exact) mass is 266 g/mol. The minimum atomic E-state index is -3.72. The maximum atomic E-state index is 11.5. The molecule has 0 aliphatic carbocycles. The second kappa shape index (κ2) is 6.64. The third kappa shape index (κ3) is 7.00. The predicted octanol–water partition coefficient (Wildman–Crippen LogP) is -2.05. The highest BCUT2D eigenvalue weighted by molar-refractivity contribution is 7.89. The molecule has 17 heavy (non-hydrogen) atoms. The summed E-state index contributed by atoms with van der Waals surface area (Å²) in [5.74, 6) is -2.05. The summed E-state index contributed by atoms with van der Waals surface area (Å²) in [6.07, 6.45) is 1.15. The molecule has 0 aliphatic heterocycles. The Labute approximate surface area is 100 Å². The summed E-state index contributed by atoms with van der Waals surface area (Å²) in [5, 5.41) is 18.2. The third-order valence-electron chi connectivity index (χ3n) is 1.85. The van der Waals surface area contributed by atoms with Crippen molar-refractivity contribution in [2.45, 2.75) is 12.5 Å². The molecule has 0 radical (unpaired) electrons. The zero-order chi connectivity index (χ0) is 13.5. The molecule has 0 rings (SSSR count). The number of sulfonamides is 1. The Hall–Kier alpha value is -1.03. The first kappa shape index (κ1) is 16.0. The van der Waals surface area contributed by atoms with E-state index in [4.69, 9.17) is 16.2 Å². The summed E-state index contributed by atoms with van der Waals surface area (Å²) >= 11 is 0. The van der Waals surface area contributed by atoms with E-state index in [9.17, 15) is 13.2 Å². The Kier molecular flexibility index (Phi) is 6.24. The summed E-state index contributed by atoms with van der Waals surface area (Å²) in [7, 11) is -3.72. The number of hydrogen-bond acceptors (Lipinski definition) is 6. The van der Waals surface area contributed by atoms with Crippen molar-refractivity contribution in [3.63, 3.8) is 0 Å². The van der Waals surface area contributed by atoms with Crippen molar-refractivity contribution >= 4 is 22.2 Å². The molecular weight excluding hydrogens is 248 g/mol. The molecular formula is C8H18N4O4S. The van der Waals surface area contributed by atoms with Gasteiger partial charge in [0, 0.05) is 25.8 Å². The van der Waals surface area contributed by atoms with Crippen molar-refractivity contribution < 1.29 is 18.3 Å². The summed E-state index contributed by atoms with van der Waals surface area (Å²) in [6.45, 7) is 1.96. The van der Waals surface area contributed by atoms with Crippen LogP contribution < -0.4 is 15.8 Å². The average molecular weight is 266 g/mol. The lowest BCUT2D eigenvalue weighted by Crippen LogP contribution is -2.53. The van der Waals surface area contributed by atoms with E-state index in [2.05, 4.69) is 10.0 Å². The standard InChI is InChI=1S/C8H18N4O4S/c1-8(10,7(13)14)6-17(15,16)12-5-4-11-3-2-9/h2,9,11-12H,3-6,10H2,1H3,(H,13,14)/t8-/m0/s1. The number of hydrogen-bond donors (Lipinski definition) is 5. The Morgan fingerprint density at radius 3 is 2.59 bits per heavy atom. The van der Waals surface area contributed by atoms with Gasteiger partial charge in [0.2, 0.25) is 10.0 Å². The molecule has 6 N–H and O–H groups in total. The molecule has 0 bridgehead atoms. The minimum absolute atomic E-state index is 0.117. The Morgan fingerprint density at radius 1 is 1.53 bits per heavy atom. The van der Waals surface area contributed by atoms with E-state index in [1.54, 1.807) is 0 Å². The van der Waals surface area contributed by atoms with Crippen LogP contribution in [0.2, 0.25) is 0 Å². The minimum Gasteiger partial charge on any atom is -0.480 e. The second-order valence-electron chi connectivity index (χ2n) is 3.78. The van der Waals surface area contributed by atoms with Crippen LogP contribution in [0.15, 0.2) is 0 Å². The molecule has 0 heterocycles. The SMILES string of the molecule is C[C@](N)(CS(=O)(=O)NCCNCC=N)C(=O)O. The fourth-order valence-electron chi connectivity index (χ4n) is 0.977. The average Bonchev–Trinajstić information content (AvgIpc) is 2.15. The van der Waals surface area contributed by atoms with Gasteiger partial charge in [0.15, 0.2) is 0 Å². The zero-order valence-corrected chi connectivity index (χ0v) is 10.4. The van der Waals surface area contributed by atoms with E-state index in [0.717, 1.165) is 13.1 Å². The van der Waals surface area contributed by atoms with Crippen LogP contribution in [0.5, 0.6) is 0 Å². The van der Waals surface area contributed by atoms with Gasteiger partial charge in [-0.05, 0) is 6.92 Å². The number of carboxylic acids is 1. The third-order valence-corrected chi connectivity index (χ3v) is 3.47. The van der Waals surface area contributed by atoms with Gasteiger partial charge in [-0.1, -0.05) is 0 Å². The van der Waals surface area contributed by atoms with Crippen LogP contribution in [0.3, 0.4) is 0 Å². The van der Waals surface area contributed by atoms with Crippen LogP contribution in [0.1, 0.15) is 6.92 Å². The number of carbonyl (C=O) groups is 1. The van der Waals surface area contributed by atoms with E-state index in [1.807, 2.05) is 0 Å². The molecule has 0 spiro atoms. The highest BCUT2D eigenvalue weighted by atomic mass is 32.2. The van der Waals surface area contributed by atoms with Gasteiger partial charge in [-0.15, -0.1) is 0 Å². The van der Waals surface area contributed by atoms with Crippen LogP contribution in [0, 0.1) is 5.41 Å². The molecule has 0 aromatic heterocycles. The quantitative estimate of drug-likeness (QED) is 0.240. The normalized spacial score (nSPS) is 15.2. The van der Waals surface area contributed by atoms with E-state index >= 15 is 0 Å². The Balaban J connectivity index is 4.13. The fraction of sp³-hybridized carbons (Fsp3) is 0.750. The van der Waals surface area contributed by atoms with Crippen LogP contribution >= 0.6 is 0 Å². The number of nitrogens with one attached hydrogen (secondary N) is 3. The molecule has 100 valence electrons. The molecule has 1 atom stereocenters. The fourth-order valence-corrected chi connectivity index (χ4v) is 2.40. The van der Waals surface area contributed by atoms with Gasteiger partial charge >= 0.3 is 5.97 Å². The van der Waals surface area contributed by atoms with Gasteiger partial charge in [-0.3, -0.25) is 4.79 Å². The predicted molar refractivity (Wildman–Crippen MR) is 63.7 cm³/mol. The number of rotatable bonds is 9. The van der Waals surface area contributed by atoms with E-state index in [0.29, 0.717) is 13.1 Å². The lowest BCUT2D eigenvalue weighted by molar-refractivity contribution is -0.141. The molecule has 0 saturated heterocycles. The van der Waals surface area contributed by atoms with Crippen molar-refractivity contribution in [3.8, 4) is 0 Å². The molecule has 9 heteroatoms. The van der Waals surface area contributed by atoms with E-state index in [-0.39, 0.29) is 6.54 Å². The first-order valence-corrected chi connectivity index (χ1v) is 6.56. The van der Waals surface area contributed by atoms with Gasteiger partial charge in [-0.25, -0.2) is 13.1 Å². The number of nitrogens with two attached hydrogens (primary N) is 1. The highest BCUT2D eigenvalue weighted by Crippen LogP contribution is 2.03. The van der Waals surface area contributed by atoms with Crippen LogP contribution in [0.4, 0.5) is 0 Å². The number of aliphatic carboxylic acids is 1. The lowest BCUT2D eigenvalue weighted by Gasteiger charge is -2.19. The molecule has 8 nitrogen and oxygen atoms in total. The zero-order valence-electron chi connectivity index (χ0n) is 9.56. The van der Waals surface area contributed by atoms with Crippen molar-refractivity contribution in [2.75, 3.05) is 25.4 Å². The van der Waals surface area contributed by atoms with E-state index < -0.39 is 27.3 Å². The van der Waals surface area contributed by atoms with Crippen LogP contribution in [0.25, 0.3) is 0 Å². The smallest absolute Gasteiger partial charge is 0.324 e. The summed E-state index contributed by atoms with van der Waals surface area (Å²) in [5.41, 5.74) is 3.52. The van der Waals surface area contributed by atoms with Crippen LogP contribution in [-0.4, -0.2) is 56.6 Å². The maximum absolute atomic E-state index is 11.5. The van der Waals surface area contributed by atoms with Crippen molar-refractivity contribution in [1.82, 2.24) is 10.0 Å². The van der Waals surface area contributed by atoms with Gasteiger partial charge in [0.1, 0.15) is 5.54 Å². The Bertz CT molecular complexity index is 366. The summed E-state index contributed by atoms with van der Waals surface area (Å²) in [4.78, 5) is 10.7. The van der Waals surface area contributed by atoms with Gasteiger partial charge in [0.05, 0.1) is 5.75 Å². The number of carboxylic acid groups (broad SMARTS) is 1. The van der Waals surface area contributed by atoms with Crippen LogP contribution in [-0.2, 0) is 14.8 Å². The van der Waals surface area contributed by atoms with Crippen molar-refractivity contribution in [3.05, 3.63) is 0 Å². The topological polar surface area (TPSA) is 145 Å². The summed E-state index contributed by atoms with van der Waals surface area (Å²) < 4.78 is 25.1. The largest absolute Gasteiger partial charge is 0.480 e. The first-order chi connectivity index (χ1) is 7.71. The molecule has 0 saturated carbocycles. The van der Waals surface area contributed by atoms with Gasteiger partial charge in [-0.2, -0.15) is 0 Å². The molecule has 0 amide bonds.